The SMILES string of the molecule is CC(n1nnnc1SCC1(C(=O)O)CS[C@@H]2CC(=O)N2C1)S(N)(=O)=O.[NaH]. The number of hydrogen-bond donors (Lipinski definition) is 2. The molecule has 0 aliphatic carbocycles. The summed E-state index contributed by atoms with van der Waals surface area (Å²) in [6.45, 7) is 1.46. The number of carbonyl (C=O) groups excluding carboxylic acids is 1. The number of hydrogen-bond acceptors (Lipinski definition) is 9. The van der Waals surface area contributed by atoms with E-state index in [2.05, 4.69) is 15.5 Å². The number of carboxylic acid groups (broad SMARTS) is 1. The van der Waals surface area contributed by atoms with E-state index in [4.69, 9.17) is 5.14 Å². The van der Waals surface area contributed by atoms with E-state index < -0.39 is 26.8 Å². The first-order valence-corrected chi connectivity index (χ1v) is 10.9. The van der Waals surface area contributed by atoms with Gasteiger partial charge < -0.3 is 10.0 Å². The van der Waals surface area contributed by atoms with E-state index in [9.17, 15) is 23.1 Å². The van der Waals surface area contributed by atoms with E-state index in [0.717, 1.165) is 16.4 Å². The zero-order valence-electron chi connectivity index (χ0n) is 13.1. The number of primary sulfonamides is 1. The Balaban J connectivity index is 0.00000243. The van der Waals surface area contributed by atoms with Crippen LogP contribution < -0.4 is 5.14 Å². The summed E-state index contributed by atoms with van der Waals surface area (Å²) in [5.74, 6) is -0.607. The molecule has 2 aliphatic heterocycles. The standard InChI is InChI=1S/C11H16N6O5S3.Na.H/c1-6(25(12,21)22)17-10(13-14-15-17)24-5-11(9(19)20)3-16-7(18)2-8(16)23-4-11;;/h6,8H,2-5H2,1H3,(H,19,20)(H2,12,21,22);;/t6?,8-,11?;;/m1../s1. The van der Waals surface area contributed by atoms with Crippen molar-refractivity contribution < 1.29 is 23.1 Å². The van der Waals surface area contributed by atoms with Crippen molar-refractivity contribution in [1.82, 2.24) is 25.1 Å². The number of β-lactam (4-membered cyclic amide) rings is 1. The number of nitrogens with two attached hydrogens (primary N) is 1. The van der Waals surface area contributed by atoms with Crippen molar-refractivity contribution in [3.05, 3.63) is 0 Å². The topological polar surface area (TPSA) is 161 Å². The number of carboxylic acids is 1. The Kier molecular flexibility index (Phi) is 6.68. The molecule has 0 spiro atoms. The predicted octanol–water partition coefficient (Wildman–Crippen LogP) is -1.70. The monoisotopic (exact) mass is 432 g/mol. The van der Waals surface area contributed by atoms with Crippen molar-refractivity contribution in [3.63, 3.8) is 0 Å². The number of aromatic nitrogens is 4. The number of tetrazole rings is 1. The van der Waals surface area contributed by atoms with Crippen LogP contribution in [0.15, 0.2) is 5.16 Å². The number of carbonyl (C=O) groups is 2. The van der Waals surface area contributed by atoms with Gasteiger partial charge in [0.25, 0.3) is 0 Å². The molecule has 3 N–H and O–H groups in total. The maximum atomic E-state index is 11.9. The Morgan fingerprint density at radius 2 is 2.27 bits per heavy atom. The Morgan fingerprint density at radius 1 is 1.58 bits per heavy atom. The van der Waals surface area contributed by atoms with E-state index in [1.54, 1.807) is 4.90 Å². The van der Waals surface area contributed by atoms with Gasteiger partial charge in [0, 0.05) is 18.1 Å². The average Bonchev–Trinajstić information content (AvgIpc) is 2.99. The van der Waals surface area contributed by atoms with Crippen molar-refractivity contribution in [2.75, 3.05) is 18.1 Å². The third kappa shape index (κ3) is 4.05. The van der Waals surface area contributed by atoms with Gasteiger partial charge in [-0.1, -0.05) is 11.8 Å². The molecule has 1 aromatic rings. The number of nitrogens with zero attached hydrogens (tertiary/aromatic N) is 5. The summed E-state index contributed by atoms with van der Waals surface area (Å²) in [6, 6.07) is 0. The van der Waals surface area contributed by atoms with E-state index in [-0.39, 0.29) is 58.3 Å². The molecule has 140 valence electrons. The zero-order chi connectivity index (χ0) is 18.4. The van der Waals surface area contributed by atoms with Crippen molar-refractivity contribution in [3.8, 4) is 0 Å². The van der Waals surface area contributed by atoms with Gasteiger partial charge in [-0.3, -0.25) is 9.59 Å². The van der Waals surface area contributed by atoms with Crippen LogP contribution in [0.3, 0.4) is 0 Å². The van der Waals surface area contributed by atoms with Crippen LogP contribution in [-0.4, -0.2) is 103 Å². The van der Waals surface area contributed by atoms with Gasteiger partial charge in [0.15, 0.2) is 5.37 Å². The van der Waals surface area contributed by atoms with Gasteiger partial charge in [-0.25, -0.2) is 18.2 Å². The van der Waals surface area contributed by atoms with E-state index in [1.807, 2.05) is 0 Å². The molecule has 0 bridgehead atoms. The molecular weight excluding hydrogens is 415 g/mol. The molecule has 2 saturated heterocycles. The summed E-state index contributed by atoms with van der Waals surface area (Å²) >= 11 is 2.48. The molecule has 1 aromatic heterocycles. The molecule has 2 fully saturated rings. The van der Waals surface area contributed by atoms with Crippen molar-refractivity contribution in [1.29, 1.82) is 0 Å². The number of fused-ring (bicyclic) bond motifs is 1. The minimum absolute atomic E-state index is 0. The molecule has 0 aromatic carbocycles. The summed E-state index contributed by atoms with van der Waals surface area (Å²) < 4.78 is 24.0. The summed E-state index contributed by atoms with van der Waals surface area (Å²) in [7, 11) is -3.90. The van der Waals surface area contributed by atoms with E-state index >= 15 is 0 Å². The molecule has 3 atom stereocenters. The Morgan fingerprint density at radius 3 is 2.85 bits per heavy atom. The van der Waals surface area contributed by atoms with Crippen LogP contribution in [0.5, 0.6) is 0 Å². The number of sulfonamides is 1. The van der Waals surface area contributed by atoms with Gasteiger partial charge in [-0.05, 0) is 17.4 Å². The zero-order valence-corrected chi connectivity index (χ0v) is 15.6. The molecule has 1 amide bonds. The van der Waals surface area contributed by atoms with Crippen LogP contribution in [-0.2, 0) is 19.6 Å². The summed E-state index contributed by atoms with van der Waals surface area (Å²) in [5.41, 5.74) is -1.15. The molecule has 26 heavy (non-hydrogen) atoms. The quantitative estimate of drug-likeness (QED) is 0.301. The molecule has 3 rings (SSSR count). The Hall–Kier alpha value is -0.380. The molecule has 2 unspecified atom stereocenters. The first-order chi connectivity index (χ1) is 11.6. The number of rotatable bonds is 6. The van der Waals surface area contributed by atoms with Crippen molar-refractivity contribution >= 4 is 75.0 Å². The normalized spacial score (nSPS) is 26.5. The number of aliphatic carboxylic acids is 1. The summed E-state index contributed by atoms with van der Waals surface area (Å²) in [5, 5.41) is 24.7. The molecule has 11 nitrogen and oxygen atoms in total. The minimum atomic E-state index is -3.90. The first kappa shape index (κ1) is 21.9. The Labute approximate surface area is 180 Å². The summed E-state index contributed by atoms with van der Waals surface area (Å²) in [4.78, 5) is 25.1. The van der Waals surface area contributed by atoms with Crippen LogP contribution in [0.1, 0.15) is 18.7 Å². The maximum absolute atomic E-state index is 11.9. The molecule has 2 aliphatic rings. The van der Waals surface area contributed by atoms with Crippen molar-refractivity contribution in [2.24, 2.45) is 10.6 Å². The fourth-order valence-electron chi connectivity index (χ4n) is 2.52. The molecule has 3 heterocycles. The van der Waals surface area contributed by atoms with Crippen LogP contribution in [0, 0.1) is 5.41 Å². The van der Waals surface area contributed by atoms with Gasteiger partial charge in [0.05, 0.1) is 11.8 Å². The second-order valence-electron chi connectivity index (χ2n) is 5.96. The molecule has 0 radical (unpaired) electrons. The first-order valence-electron chi connectivity index (χ1n) is 7.21. The second kappa shape index (κ2) is 7.93. The number of amides is 1. The van der Waals surface area contributed by atoms with Gasteiger partial charge in [0.1, 0.15) is 5.41 Å². The predicted molar refractivity (Wildman–Crippen MR) is 96.2 cm³/mol. The van der Waals surface area contributed by atoms with Crippen LogP contribution in [0.25, 0.3) is 0 Å². The van der Waals surface area contributed by atoms with Gasteiger partial charge in [-0.15, -0.1) is 16.9 Å². The number of thioether (sulfide) groups is 2. The van der Waals surface area contributed by atoms with Gasteiger partial charge in [0.2, 0.25) is 21.1 Å². The van der Waals surface area contributed by atoms with Gasteiger partial charge >= 0.3 is 35.5 Å². The Bertz CT molecular complexity index is 819. The van der Waals surface area contributed by atoms with Crippen LogP contribution in [0.2, 0.25) is 0 Å². The fourth-order valence-corrected chi connectivity index (χ4v) is 5.74. The fraction of sp³-hybridized carbons (Fsp3) is 0.727. The molecule has 0 saturated carbocycles. The summed E-state index contributed by atoms with van der Waals surface area (Å²) in [6.07, 6.45) is 0.442. The van der Waals surface area contributed by atoms with Crippen LogP contribution >= 0.6 is 23.5 Å². The van der Waals surface area contributed by atoms with Crippen molar-refractivity contribution in [2.45, 2.75) is 29.2 Å². The third-order valence-corrected chi connectivity index (χ3v) is 8.16. The molecule has 15 heteroatoms. The third-order valence-electron chi connectivity index (χ3n) is 4.26. The van der Waals surface area contributed by atoms with E-state index in [1.165, 1.54) is 18.7 Å². The average molecular weight is 432 g/mol. The van der Waals surface area contributed by atoms with E-state index in [0.29, 0.717) is 12.2 Å². The van der Waals surface area contributed by atoms with Crippen LogP contribution in [0.4, 0.5) is 0 Å². The van der Waals surface area contributed by atoms with Gasteiger partial charge in [-0.2, -0.15) is 0 Å². The molecular formula is C11H17N6NaO5S3. The second-order valence-corrected chi connectivity index (χ2v) is 9.93.